The summed E-state index contributed by atoms with van der Waals surface area (Å²) in [5.41, 5.74) is 0. The number of rotatable bonds is 7. The highest BCUT2D eigenvalue weighted by molar-refractivity contribution is 5.66. The zero-order valence-electron chi connectivity index (χ0n) is 11.3. The molecule has 1 aliphatic carbocycles. The average molecular weight is 266 g/mol. The Labute approximate surface area is 113 Å². The van der Waals surface area contributed by atoms with Gasteiger partial charge in [-0.05, 0) is 36.1 Å². The van der Waals surface area contributed by atoms with Crippen LogP contribution in [0.15, 0.2) is 0 Å². The number of aryl methyl sites for hydroxylation is 1. The maximum Gasteiger partial charge on any atom is 0.303 e. The number of hydrogen-bond donors (Lipinski definition) is 1. The Bertz CT molecular complexity index is 399. The van der Waals surface area contributed by atoms with Gasteiger partial charge in [0.25, 0.3) is 0 Å². The molecule has 0 aromatic carbocycles. The van der Waals surface area contributed by atoms with Crippen molar-refractivity contribution in [3.8, 4) is 0 Å². The molecular weight excluding hydrogens is 244 g/mol. The minimum absolute atomic E-state index is 0.255. The second-order valence-electron chi connectivity index (χ2n) is 5.30. The number of nitrogens with zero attached hydrogens (tertiary/aromatic N) is 4. The van der Waals surface area contributed by atoms with Crippen molar-refractivity contribution in [2.45, 2.75) is 70.3 Å². The number of carboxylic acid groups (broad SMARTS) is 1. The maximum atomic E-state index is 10.4. The number of unbranched alkanes of at least 4 members (excludes halogenated alkanes) is 2. The maximum absolute atomic E-state index is 10.4. The van der Waals surface area contributed by atoms with E-state index in [4.69, 9.17) is 5.11 Å². The summed E-state index contributed by atoms with van der Waals surface area (Å²) in [5, 5.41) is 20.6. The van der Waals surface area contributed by atoms with Crippen LogP contribution in [0.4, 0.5) is 0 Å². The van der Waals surface area contributed by atoms with Gasteiger partial charge in [0.1, 0.15) is 0 Å². The van der Waals surface area contributed by atoms with Crippen LogP contribution < -0.4 is 0 Å². The van der Waals surface area contributed by atoms with Crippen LogP contribution in [0.2, 0.25) is 0 Å². The van der Waals surface area contributed by atoms with Gasteiger partial charge < -0.3 is 5.11 Å². The zero-order chi connectivity index (χ0) is 13.5. The third-order valence-electron chi connectivity index (χ3n) is 3.79. The zero-order valence-corrected chi connectivity index (χ0v) is 11.3. The van der Waals surface area contributed by atoms with Crippen molar-refractivity contribution in [3.05, 3.63) is 5.82 Å². The lowest BCUT2D eigenvalue weighted by molar-refractivity contribution is -0.137. The molecule has 2 rings (SSSR count). The summed E-state index contributed by atoms with van der Waals surface area (Å²) in [5.74, 6) is 0.825. The van der Waals surface area contributed by atoms with Crippen molar-refractivity contribution in [2.24, 2.45) is 0 Å². The Hall–Kier alpha value is -1.46. The van der Waals surface area contributed by atoms with E-state index >= 15 is 0 Å². The number of aromatic nitrogens is 4. The molecule has 1 N–H and O–H groups in total. The Morgan fingerprint density at radius 1 is 1.21 bits per heavy atom. The van der Waals surface area contributed by atoms with Crippen LogP contribution in [0, 0.1) is 0 Å². The van der Waals surface area contributed by atoms with Crippen molar-refractivity contribution < 1.29 is 9.90 Å². The van der Waals surface area contributed by atoms with Crippen molar-refractivity contribution in [3.63, 3.8) is 0 Å². The standard InChI is InChI=1S/C13H22N4O2/c18-12(19)9-5-2-6-10-17-13(14-15-16-17)11-7-3-1-4-8-11/h11H,1-10H2,(H,18,19). The van der Waals surface area contributed by atoms with Gasteiger partial charge in [0.2, 0.25) is 0 Å². The normalized spacial score (nSPS) is 16.6. The molecule has 6 heteroatoms. The van der Waals surface area contributed by atoms with Crippen molar-refractivity contribution in [1.29, 1.82) is 0 Å². The number of carbonyl (C=O) groups is 1. The molecule has 1 fully saturated rings. The molecule has 0 aliphatic heterocycles. The first-order chi connectivity index (χ1) is 9.27. The summed E-state index contributed by atoms with van der Waals surface area (Å²) in [6, 6.07) is 0. The summed E-state index contributed by atoms with van der Waals surface area (Å²) in [6.45, 7) is 0.804. The van der Waals surface area contributed by atoms with E-state index in [9.17, 15) is 4.79 Å². The van der Waals surface area contributed by atoms with Gasteiger partial charge in [-0.1, -0.05) is 25.7 Å². The molecule has 1 heterocycles. The van der Waals surface area contributed by atoms with Gasteiger partial charge in [-0.2, -0.15) is 0 Å². The largest absolute Gasteiger partial charge is 0.481 e. The molecular formula is C13H22N4O2. The van der Waals surface area contributed by atoms with Gasteiger partial charge >= 0.3 is 5.97 Å². The van der Waals surface area contributed by atoms with Crippen LogP contribution in [0.5, 0.6) is 0 Å². The Balaban J connectivity index is 1.77. The Morgan fingerprint density at radius 3 is 2.74 bits per heavy atom. The van der Waals surface area contributed by atoms with E-state index in [-0.39, 0.29) is 6.42 Å². The molecule has 0 unspecified atom stereocenters. The van der Waals surface area contributed by atoms with Crippen molar-refractivity contribution in [1.82, 2.24) is 20.2 Å². The first kappa shape index (κ1) is 14.0. The quantitative estimate of drug-likeness (QED) is 0.766. The van der Waals surface area contributed by atoms with Crippen LogP contribution in [0.25, 0.3) is 0 Å². The summed E-state index contributed by atoms with van der Waals surface area (Å²) < 4.78 is 1.91. The predicted octanol–water partition coefficient (Wildman–Crippen LogP) is 2.37. The molecule has 0 bridgehead atoms. The number of hydrogen-bond acceptors (Lipinski definition) is 4. The average Bonchev–Trinajstić information content (AvgIpc) is 2.87. The van der Waals surface area contributed by atoms with Gasteiger partial charge in [-0.3, -0.25) is 4.79 Å². The highest BCUT2D eigenvalue weighted by atomic mass is 16.4. The van der Waals surface area contributed by atoms with E-state index in [0.29, 0.717) is 5.92 Å². The lowest BCUT2D eigenvalue weighted by atomic mass is 9.89. The van der Waals surface area contributed by atoms with Crippen LogP contribution in [0.1, 0.15) is 69.5 Å². The van der Waals surface area contributed by atoms with Crippen LogP contribution in [0.3, 0.4) is 0 Å². The first-order valence-electron chi connectivity index (χ1n) is 7.25. The van der Waals surface area contributed by atoms with Crippen molar-refractivity contribution >= 4 is 5.97 Å². The molecule has 1 aliphatic rings. The fourth-order valence-electron chi connectivity index (χ4n) is 2.74. The molecule has 0 atom stereocenters. The fraction of sp³-hybridized carbons (Fsp3) is 0.846. The topological polar surface area (TPSA) is 80.9 Å². The fourth-order valence-corrected chi connectivity index (χ4v) is 2.74. The van der Waals surface area contributed by atoms with Gasteiger partial charge in [0.15, 0.2) is 5.82 Å². The number of aliphatic carboxylic acids is 1. The van der Waals surface area contributed by atoms with E-state index in [2.05, 4.69) is 15.5 Å². The summed E-state index contributed by atoms with van der Waals surface area (Å²) in [4.78, 5) is 10.4. The smallest absolute Gasteiger partial charge is 0.303 e. The molecule has 0 radical (unpaired) electrons. The molecule has 6 nitrogen and oxygen atoms in total. The second kappa shape index (κ2) is 7.21. The Morgan fingerprint density at radius 2 is 2.00 bits per heavy atom. The van der Waals surface area contributed by atoms with Crippen molar-refractivity contribution in [2.75, 3.05) is 0 Å². The molecule has 1 aromatic heterocycles. The summed E-state index contributed by atoms with van der Waals surface area (Å²) in [7, 11) is 0. The van der Waals surface area contributed by atoms with Crippen LogP contribution in [-0.4, -0.2) is 31.3 Å². The summed E-state index contributed by atoms with van der Waals surface area (Å²) in [6.07, 6.45) is 9.11. The molecule has 19 heavy (non-hydrogen) atoms. The van der Waals surface area contributed by atoms with Gasteiger partial charge in [-0.15, -0.1) is 5.10 Å². The number of tetrazole rings is 1. The van der Waals surface area contributed by atoms with Crippen LogP contribution >= 0.6 is 0 Å². The molecule has 0 amide bonds. The van der Waals surface area contributed by atoms with E-state index in [0.717, 1.165) is 31.6 Å². The SMILES string of the molecule is O=C(O)CCCCCn1nnnc1C1CCCCC1. The lowest BCUT2D eigenvalue weighted by Crippen LogP contribution is -2.13. The minimum atomic E-state index is -0.717. The van der Waals surface area contributed by atoms with E-state index in [1.165, 1.54) is 32.1 Å². The molecule has 0 saturated heterocycles. The third kappa shape index (κ3) is 4.29. The predicted molar refractivity (Wildman–Crippen MR) is 69.7 cm³/mol. The first-order valence-corrected chi connectivity index (χ1v) is 7.25. The van der Waals surface area contributed by atoms with Gasteiger partial charge in [-0.25, -0.2) is 4.68 Å². The number of carboxylic acids is 1. The Kier molecular flexibility index (Phi) is 5.30. The summed E-state index contributed by atoms with van der Waals surface area (Å²) >= 11 is 0. The van der Waals surface area contributed by atoms with E-state index < -0.39 is 5.97 Å². The molecule has 106 valence electrons. The van der Waals surface area contributed by atoms with E-state index in [1.54, 1.807) is 0 Å². The minimum Gasteiger partial charge on any atom is -0.481 e. The lowest BCUT2D eigenvalue weighted by Gasteiger charge is -2.20. The second-order valence-corrected chi connectivity index (χ2v) is 5.30. The third-order valence-corrected chi connectivity index (χ3v) is 3.79. The molecule has 0 spiro atoms. The van der Waals surface area contributed by atoms with Crippen LogP contribution in [-0.2, 0) is 11.3 Å². The van der Waals surface area contributed by atoms with E-state index in [1.807, 2.05) is 4.68 Å². The molecule has 1 aromatic rings. The monoisotopic (exact) mass is 266 g/mol. The highest BCUT2D eigenvalue weighted by Crippen LogP contribution is 2.30. The highest BCUT2D eigenvalue weighted by Gasteiger charge is 2.21. The van der Waals surface area contributed by atoms with Gasteiger partial charge in [0.05, 0.1) is 0 Å². The van der Waals surface area contributed by atoms with Gasteiger partial charge in [0, 0.05) is 18.9 Å². The molecule has 1 saturated carbocycles.